The molecule has 1 atom stereocenters. The molecule has 2 aromatic rings. The van der Waals surface area contributed by atoms with Gasteiger partial charge < -0.3 is 4.74 Å². The van der Waals surface area contributed by atoms with E-state index in [1.807, 2.05) is 0 Å². The second-order valence-electron chi connectivity index (χ2n) is 4.87. The van der Waals surface area contributed by atoms with Crippen LogP contribution >= 0.6 is 15.9 Å². The van der Waals surface area contributed by atoms with Gasteiger partial charge in [-0.2, -0.15) is 0 Å². The van der Waals surface area contributed by atoms with Crippen LogP contribution in [0.1, 0.15) is 28.9 Å². The van der Waals surface area contributed by atoms with Crippen LogP contribution in [0.2, 0.25) is 0 Å². The van der Waals surface area contributed by atoms with Crippen LogP contribution in [0.4, 0.5) is 4.39 Å². The van der Waals surface area contributed by atoms with E-state index in [-0.39, 0.29) is 16.0 Å². The summed E-state index contributed by atoms with van der Waals surface area (Å²) in [5.41, 5.74) is 0.0220. The first-order valence-electron chi connectivity index (χ1n) is 6.76. The third-order valence-electron chi connectivity index (χ3n) is 3.24. The van der Waals surface area contributed by atoms with Gasteiger partial charge in [-0.3, -0.25) is 4.98 Å². The highest BCUT2D eigenvalue weighted by Gasteiger charge is 2.26. The number of carbonyl (C=O) groups excluding carboxylic acids is 1. The van der Waals surface area contributed by atoms with E-state index in [9.17, 15) is 17.6 Å². The molecule has 1 aromatic carbocycles. The third-order valence-corrected chi connectivity index (χ3v) is 5.30. The molecule has 1 N–H and O–H groups in total. The molecule has 9 heteroatoms. The molecule has 0 spiro atoms. The van der Waals surface area contributed by atoms with Crippen LogP contribution in [0.5, 0.6) is 0 Å². The Morgan fingerprint density at radius 2 is 2.08 bits per heavy atom. The summed E-state index contributed by atoms with van der Waals surface area (Å²) < 4.78 is 46.5. The maximum atomic E-state index is 14.0. The summed E-state index contributed by atoms with van der Waals surface area (Å²) in [7, 11) is -2.97. The lowest BCUT2D eigenvalue weighted by Crippen LogP contribution is -2.29. The fourth-order valence-electron chi connectivity index (χ4n) is 2.09. The SMILES string of the molecule is COC(=O)c1ccncc1S(=O)(=O)N[C@H](C)c1ccc(Br)cc1F. The summed E-state index contributed by atoms with van der Waals surface area (Å²) in [4.78, 5) is 15.1. The van der Waals surface area contributed by atoms with Crippen molar-refractivity contribution in [1.29, 1.82) is 0 Å². The van der Waals surface area contributed by atoms with Crippen LogP contribution in [0.3, 0.4) is 0 Å². The van der Waals surface area contributed by atoms with E-state index in [0.717, 1.165) is 13.3 Å². The minimum Gasteiger partial charge on any atom is -0.465 e. The zero-order valence-corrected chi connectivity index (χ0v) is 15.2. The molecule has 0 saturated heterocycles. The molecule has 0 aliphatic carbocycles. The molecule has 0 unspecified atom stereocenters. The Balaban J connectivity index is 2.37. The number of nitrogens with one attached hydrogen (secondary N) is 1. The molecule has 0 aliphatic heterocycles. The number of nitrogens with zero attached hydrogens (tertiary/aromatic N) is 1. The van der Waals surface area contributed by atoms with Gasteiger partial charge in [-0.25, -0.2) is 22.3 Å². The van der Waals surface area contributed by atoms with Gasteiger partial charge in [0, 0.05) is 28.5 Å². The molecule has 1 aromatic heterocycles. The third kappa shape index (κ3) is 3.97. The molecule has 0 saturated carbocycles. The quantitative estimate of drug-likeness (QED) is 0.757. The first-order chi connectivity index (χ1) is 11.3. The van der Waals surface area contributed by atoms with Crippen molar-refractivity contribution in [1.82, 2.24) is 9.71 Å². The van der Waals surface area contributed by atoms with Crippen LogP contribution in [-0.2, 0) is 14.8 Å². The molecule has 0 amide bonds. The van der Waals surface area contributed by atoms with Crippen molar-refractivity contribution in [3.63, 3.8) is 0 Å². The van der Waals surface area contributed by atoms with Gasteiger partial charge in [0.2, 0.25) is 10.0 Å². The van der Waals surface area contributed by atoms with Crippen molar-refractivity contribution in [2.24, 2.45) is 0 Å². The number of benzene rings is 1. The molecule has 2 rings (SSSR count). The van der Waals surface area contributed by atoms with Crippen molar-refractivity contribution < 1.29 is 22.3 Å². The zero-order chi connectivity index (χ0) is 17.9. The predicted octanol–water partition coefficient (Wildman–Crippen LogP) is 2.81. The summed E-state index contributed by atoms with van der Waals surface area (Å²) in [5, 5.41) is 0. The van der Waals surface area contributed by atoms with E-state index in [1.165, 1.54) is 31.3 Å². The molecule has 0 bridgehead atoms. The van der Waals surface area contributed by atoms with Crippen LogP contribution in [0, 0.1) is 5.82 Å². The van der Waals surface area contributed by atoms with Gasteiger partial charge in [0.05, 0.1) is 12.7 Å². The zero-order valence-electron chi connectivity index (χ0n) is 12.8. The first kappa shape index (κ1) is 18.5. The number of hydrogen-bond donors (Lipinski definition) is 1. The number of methoxy groups -OCH3 is 1. The summed E-state index contributed by atoms with van der Waals surface area (Å²) in [6.45, 7) is 1.50. The van der Waals surface area contributed by atoms with E-state index in [0.29, 0.717) is 4.47 Å². The smallest absolute Gasteiger partial charge is 0.339 e. The number of aromatic nitrogens is 1. The lowest BCUT2D eigenvalue weighted by atomic mass is 10.1. The topological polar surface area (TPSA) is 85.4 Å². The Morgan fingerprint density at radius 3 is 2.71 bits per heavy atom. The minimum absolute atomic E-state index is 0.150. The molecule has 0 radical (unpaired) electrons. The minimum atomic E-state index is -4.11. The molecule has 6 nitrogen and oxygen atoms in total. The Bertz CT molecular complexity index is 874. The highest BCUT2D eigenvalue weighted by atomic mass is 79.9. The van der Waals surface area contributed by atoms with Gasteiger partial charge >= 0.3 is 5.97 Å². The first-order valence-corrected chi connectivity index (χ1v) is 9.03. The highest BCUT2D eigenvalue weighted by molar-refractivity contribution is 9.10. The number of pyridine rings is 1. The Labute approximate surface area is 147 Å². The lowest BCUT2D eigenvalue weighted by molar-refractivity contribution is 0.0596. The van der Waals surface area contributed by atoms with Gasteiger partial charge in [-0.1, -0.05) is 22.0 Å². The van der Waals surface area contributed by atoms with Gasteiger partial charge in [0.25, 0.3) is 0 Å². The average Bonchev–Trinajstić information content (AvgIpc) is 2.53. The summed E-state index contributed by atoms with van der Waals surface area (Å²) >= 11 is 3.14. The molecule has 0 aliphatic rings. The van der Waals surface area contributed by atoms with Crippen molar-refractivity contribution in [3.05, 3.63) is 58.1 Å². The van der Waals surface area contributed by atoms with E-state index in [1.54, 1.807) is 6.07 Å². The van der Waals surface area contributed by atoms with E-state index >= 15 is 0 Å². The summed E-state index contributed by atoms with van der Waals surface area (Å²) in [5.74, 6) is -1.36. The van der Waals surface area contributed by atoms with Crippen LogP contribution in [0.25, 0.3) is 0 Å². The number of hydrogen-bond acceptors (Lipinski definition) is 5. The standard InChI is InChI=1S/C15H14BrFN2O4S/c1-9(11-4-3-10(16)7-13(11)17)19-24(21,22)14-8-18-6-5-12(14)15(20)23-2/h3-9,19H,1-2H3/t9-/m1/s1. The van der Waals surface area contributed by atoms with Crippen molar-refractivity contribution in [2.75, 3.05) is 7.11 Å². The van der Waals surface area contributed by atoms with Gasteiger partial charge in [-0.15, -0.1) is 0 Å². The fraction of sp³-hybridized carbons (Fsp3) is 0.200. The number of ether oxygens (including phenoxy) is 1. The number of halogens is 2. The van der Waals surface area contributed by atoms with Gasteiger partial charge in [0.1, 0.15) is 10.7 Å². The second kappa shape index (κ2) is 7.37. The van der Waals surface area contributed by atoms with Crippen LogP contribution in [0.15, 0.2) is 46.0 Å². The number of esters is 1. The van der Waals surface area contributed by atoms with Crippen LogP contribution < -0.4 is 4.72 Å². The lowest BCUT2D eigenvalue weighted by Gasteiger charge is -2.16. The largest absolute Gasteiger partial charge is 0.465 e. The van der Waals surface area contributed by atoms with E-state index < -0.39 is 27.9 Å². The van der Waals surface area contributed by atoms with Crippen molar-refractivity contribution in [3.8, 4) is 0 Å². The highest BCUT2D eigenvalue weighted by Crippen LogP contribution is 2.23. The Hall–Kier alpha value is -1.84. The van der Waals surface area contributed by atoms with Crippen molar-refractivity contribution in [2.45, 2.75) is 17.9 Å². The molecule has 0 fully saturated rings. The maximum absolute atomic E-state index is 14.0. The predicted molar refractivity (Wildman–Crippen MR) is 88.4 cm³/mol. The van der Waals surface area contributed by atoms with Gasteiger partial charge in [0.15, 0.2) is 0 Å². The Kier molecular flexibility index (Phi) is 5.68. The monoisotopic (exact) mass is 416 g/mol. The number of carbonyl (C=O) groups is 1. The number of sulfonamides is 1. The second-order valence-corrected chi connectivity index (χ2v) is 7.47. The van der Waals surface area contributed by atoms with Crippen LogP contribution in [-0.4, -0.2) is 26.5 Å². The fourth-order valence-corrected chi connectivity index (χ4v) is 3.78. The average molecular weight is 417 g/mol. The molecular weight excluding hydrogens is 403 g/mol. The maximum Gasteiger partial charge on any atom is 0.339 e. The molecule has 1 heterocycles. The summed E-state index contributed by atoms with van der Waals surface area (Å²) in [6, 6.07) is 4.70. The molecule has 24 heavy (non-hydrogen) atoms. The van der Waals surface area contributed by atoms with E-state index in [2.05, 4.69) is 30.4 Å². The van der Waals surface area contributed by atoms with Crippen molar-refractivity contribution >= 4 is 31.9 Å². The normalized spacial score (nSPS) is 12.7. The van der Waals surface area contributed by atoms with E-state index in [4.69, 9.17) is 0 Å². The molecule has 128 valence electrons. The number of rotatable bonds is 5. The Morgan fingerprint density at radius 1 is 1.38 bits per heavy atom. The molecular formula is C15H14BrFN2O4S. The van der Waals surface area contributed by atoms with Gasteiger partial charge in [-0.05, 0) is 25.1 Å². The summed E-state index contributed by atoms with van der Waals surface area (Å²) in [6.07, 6.45) is 2.32.